The SMILES string of the molecule is C=CCc1ccc(-c2ccc(C=CCCCC(C)OCCCCC)cc2)cc1. The van der Waals surface area contributed by atoms with Crippen LogP contribution in [-0.4, -0.2) is 12.7 Å². The zero-order valence-electron chi connectivity index (χ0n) is 17.7. The number of ether oxygens (including phenoxy) is 1. The molecule has 1 unspecified atom stereocenters. The fraction of sp³-hybridized carbons (Fsp3) is 0.407. The molecule has 0 aromatic heterocycles. The van der Waals surface area contributed by atoms with E-state index in [1.165, 1.54) is 47.9 Å². The maximum atomic E-state index is 5.86. The Kier molecular flexibility index (Phi) is 10.4. The topological polar surface area (TPSA) is 9.23 Å². The van der Waals surface area contributed by atoms with Gasteiger partial charge in [-0.05, 0) is 61.3 Å². The van der Waals surface area contributed by atoms with Crippen LogP contribution in [0.1, 0.15) is 63.5 Å². The van der Waals surface area contributed by atoms with Crippen molar-refractivity contribution < 1.29 is 4.74 Å². The maximum Gasteiger partial charge on any atom is 0.0547 e. The molecule has 0 saturated carbocycles. The zero-order chi connectivity index (χ0) is 20.0. The van der Waals surface area contributed by atoms with Gasteiger partial charge in [-0.15, -0.1) is 6.58 Å². The Morgan fingerprint density at radius 3 is 2.25 bits per heavy atom. The lowest BCUT2D eigenvalue weighted by Crippen LogP contribution is -2.08. The van der Waals surface area contributed by atoms with E-state index in [0.29, 0.717) is 6.10 Å². The molecule has 0 N–H and O–H groups in total. The monoisotopic (exact) mass is 376 g/mol. The highest BCUT2D eigenvalue weighted by Crippen LogP contribution is 2.21. The van der Waals surface area contributed by atoms with Crippen LogP contribution < -0.4 is 0 Å². The molecular formula is C27H36O. The molecule has 2 rings (SSSR count). The third-order valence-electron chi connectivity index (χ3n) is 5.02. The zero-order valence-corrected chi connectivity index (χ0v) is 17.7. The lowest BCUT2D eigenvalue weighted by molar-refractivity contribution is 0.0566. The van der Waals surface area contributed by atoms with Gasteiger partial charge in [-0.3, -0.25) is 0 Å². The van der Waals surface area contributed by atoms with Crippen LogP contribution in [0.15, 0.2) is 67.3 Å². The third kappa shape index (κ3) is 8.27. The van der Waals surface area contributed by atoms with Gasteiger partial charge in [0.25, 0.3) is 0 Å². The van der Waals surface area contributed by atoms with E-state index in [-0.39, 0.29) is 0 Å². The number of allylic oxidation sites excluding steroid dienone is 2. The fourth-order valence-electron chi connectivity index (χ4n) is 3.25. The highest BCUT2D eigenvalue weighted by Gasteiger charge is 2.01. The summed E-state index contributed by atoms with van der Waals surface area (Å²) in [6.07, 6.45) is 14.9. The highest BCUT2D eigenvalue weighted by molar-refractivity contribution is 5.66. The average Bonchev–Trinajstić information content (AvgIpc) is 2.72. The Bertz CT molecular complexity index is 694. The van der Waals surface area contributed by atoms with Crippen molar-refractivity contribution in [2.75, 3.05) is 6.61 Å². The second kappa shape index (κ2) is 13.1. The molecule has 150 valence electrons. The number of unbranched alkanes of at least 4 members (excludes halogenated alkanes) is 3. The van der Waals surface area contributed by atoms with Crippen LogP contribution in [0, 0.1) is 0 Å². The van der Waals surface area contributed by atoms with E-state index in [2.05, 4.69) is 81.1 Å². The molecule has 0 aliphatic heterocycles. The van der Waals surface area contributed by atoms with Crippen LogP contribution in [0.25, 0.3) is 17.2 Å². The van der Waals surface area contributed by atoms with Crippen LogP contribution in [0.2, 0.25) is 0 Å². The highest BCUT2D eigenvalue weighted by atomic mass is 16.5. The Morgan fingerprint density at radius 1 is 0.929 bits per heavy atom. The molecule has 0 spiro atoms. The van der Waals surface area contributed by atoms with Gasteiger partial charge in [-0.25, -0.2) is 0 Å². The number of benzene rings is 2. The average molecular weight is 377 g/mol. The summed E-state index contributed by atoms with van der Waals surface area (Å²) in [5, 5.41) is 0. The van der Waals surface area contributed by atoms with E-state index in [4.69, 9.17) is 4.74 Å². The molecule has 1 nitrogen and oxygen atoms in total. The van der Waals surface area contributed by atoms with Gasteiger partial charge in [0.2, 0.25) is 0 Å². The molecule has 0 aliphatic carbocycles. The minimum Gasteiger partial charge on any atom is -0.379 e. The quantitative estimate of drug-likeness (QED) is 0.255. The normalized spacial score (nSPS) is 12.4. The first-order valence-electron chi connectivity index (χ1n) is 10.8. The van der Waals surface area contributed by atoms with Gasteiger partial charge in [0, 0.05) is 6.61 Å². The van der Waals surface area contributed by atoms with E-state index in [0.717, 1.165) is 25.9 Å². The van der Waals surface area contributed by atoms with Crippen LogP contribution in [-0.2, 0) is 11.2 Å². The van der Waals surface area contributed by atoms with Gasteiger partial charge >= 0.3 is 0 Å². The molecule has 2 aromatic carbocycles. The molecule has 0 heterocycles. The van der Waals surface area contributed by atoms with E-state index in [1.807, 2.05) is 6.08 Å². The summed E-state index contributed by atoms with van der Waals surface area (Å²) >= 11 is 0. The summed E-state index contributed by atoms with van der Waals surface area (Å²) in [5.74, 6) is 0. The molecule has 0 bridgehead atoms. The first-order chi connectivity index (χ1) is 13.7. The molecule has 0 aliphatic rings. The molecule has 0 amide bonds. The third-order valence-corrected chi connectivity index (χ3v) is 5.02. The van der Waals surface area contributed by atoms with E-state index in [1.54, 1.807) is 0 Å². The molecule has 28 heavy (non-hydrogen) atoms. The summed E-state index contributed by atoms with van der Waals surface area (Å²) in [6.45, 7) is 9.13. The minimum absolute atomic E-state index is 0.377. The Morgan fingerprint density at radius 2 is 1.61 bits per heavy atom. The first kappa shape index (κ1) is 22.2. The van der Waals surface area contributed by atoms with Crippen molar-refractivity contribution in [3.63, 3.8) is 0 Å². The summed E-state index contributed by atoms with van der Waals surface area (Å²) in [5.41, 5.74) is 5.09. The van der Waals surface area contributed by atoms with Crippen molar-refractivity contribution >= 4 is 6.08 Å². The summed E-state index contributed by atoms with van der Waals surface area (Å²) in [4.78, 5) is 0. The number of hydrogen-bond donors (Lipinski definition) is 0. The summed E-state index contributed by atoms with van der Waals surface area (Å²) in [6, 6.07) is 17.5. The van der Waals surface area contributed by atoms with Crippen molar-refractivity contribution in [3.8, 4) is 11.1 Å². The summed E-state index contributed by atoms with van der Waals surface area (Å²) in [7, 11) is 0. The van der Waals surface area contributed by atoms with Gasteiger partial charge in [-0.2, -0.15) is 0 Å². The van der Waals surface area contributed by atoms with Crippen LogP contribution >= 0.6 is 0 Å². The van der Waals surface area contributed by atoms with Gasteiger partial charge in [0.15, 0.2) is 0 Å². The molecule has 1 atom stereocenters. The van der Waals surface area contributed by atoms with Gasteiger partial charge < -0.3 is 4.74 Å². The van der Waals surface area contributed by atoms with Crippen LogP contribution in [0.5, 0.6) is 0 Å². The van der Waals surface area contributed by atoms with Gasteiger partial charge in [-0.1, -0.05) is 86.5 Å². The number of hydrogen-bond acceptors (Lipinski definition) is 1. The fourth-order valence-corrected chi connectivity index (χ4v) is 3.25. The lowest BCUT2D eigenvalue weighted by atomic mass is 10.0. The van der Waals surface area contributed by atoms with Crippen molar-refractivity contribution in [2.45, 2.75) is 64.9 Å². The van der Waals surface area contributed by atoms with Crippen molar-refractivity contribution in [1.82, 2.24) is 0 Å². The van der Waals surface area contributed by atoms with E-state index >= 15 is 0 Å². The molecule has 0 saturated heterocycles. The molecular weight excluding hydrogens is 340 g/mol. The van der Waals surface area contributed by atoms with E-state index in [9.17, 15) is 0 Å². The lowest BCUT2D eigenvalue weighted by Gasteiger charge is -2.12. The van der Waals surface area contributed by atoms with Crippen LogP contribution in [0.4, 0.5) is 0 Å². The second-order valence-electron chi connectivity index (χ2n) is 7.53. The van der Waals surface area contributed by atoms with Crippen molar-refractivity contribution in [3.05, 3.63) is 78.4 Å². The largest absolute Gasteiger partial charge is 0.379 e. The van der Waals surface area contributed by atoms with Crippen molar-refractivity contribution in [1.29, 1.82) is 0 Å². The molecule has 0 radical (unpaired) electrons. The van der Waals surface area contributed by atoms with Crippen molar-refractivity contribution in [2.24, 2.45) is 0 Å². The predicted molar refractivity (Wildman–Crippen MR) is 124 cm³/mol. The van der Waals surface area contributed by atoms with Gasteiger partial charge in [0.05, 0.1) is 6.10 Å². The molecule has 0 fully saturated rings. The van der Waals surface area contributed by atoms with E-state index < -0.39 is 0 Å². The first-order valence-corrected chi connectivity index (χ1v) is 10.8. The Balaban J connectivity index is 1.72. The Labute approximate surface area is 172 Å². The standard InChI is InChI=1S/C27H36O/c1-4-6-10-22-28-23(3)12-8-7-9-13-25-16-20-27(21-17-25)26-18-14-24(11-5-2)15-19-26/h5,9,13-21,23H,2,4,6-8,10-12,22H2,1,3H3. The smallest absolute Gasteiger partial charge is 0.0547 e. The molecule has 2 aromatic rings. The predicted octanol–water partition coefficient (Wildman–Crippen LogP) is 7.86. The van der Waals surface area contributed by atoms with Gasteiger partial charge in [0.1, 0.15) is 0 Å². The molecule has 1 heteroatoms. The number of rotatable bonds is 13. The minimum atomic E-state index is 0.377. The summed E-state index contributed by atoms with van der Waals surface area (Å²) < 4.78 is 5.86. The Hall–Kier alpha value is -2.12. The maximum absolute atomic E-state index is 5.86. The van der Waals surface area contributed by atoms with Crippen LogP contribution in [0.3, 0.4) is 0 Å². The second-order valence-corrected chi connectivity index (χ2v) is 7.53.